The second-order valence-electron chi connectivity index (χ2n) is 5.86. The van der Waals surface area contributed by atoms with Crippen molar-refractivity contribution >= 4 is 11.6 Å². The van der Waals surface area contributed by atoms with Crippen molar-refractivity contribution in [3.63, 3.8) is 0 Å². The van der Waals surface area contributed by atoms with Gasteiger partial charge in [0.15, 0.2) is 0 Å². The Labute approximate surface area is 101 Å². The van der Waals surface area contributed by atoms with E-state index in [1.807, 2.05) is 26.0 Å². The molecule has 1 aromatic rings. The van der Waals surface area contributed by atoms with Crippen molar-refractivity contribution in [2.24, 2.45) is 0 Å². The summed E-state index contributed by atoms with van der Waals surface area (Å²) in [5.41, 5.74) is 2.13. The van der Waals surface area contributed by atoms with Crippen molar-refractivity contribution in [3.05, 3.63) is 29.3 Å². The van der Waals surface area contributed by atoms with Crippen molar-refractivity contribution < 1.29 is 9.90 Å². The molecular weight excluding hydrogens is 214 g/mol. The molecule has 1 amide bonds. The summed E-state index contributed by atoms with van der Waals surface area (Å²) in [4.78, 5) is 11.8. The number of carbonyl (C=O) groups is 1. The van der Waals surface area contributed by atoms with E-state index in [-0.39, 0.29) is 5.91 Å². The lowest BCUT2D eigenvalue weighted by atomic mass is 9.85. The Kier molecular flexibility index (Phi) is 1.97. The van der Waals surface area contributed by atoms with Crippen LogP contribution in [0.1, 0.15) is 37.8 Å². The molecule has 0 atom stereocenters. The topological polar surface area (TPSA) is 49.3 Å². The van der Waals surface area contributed by atoms with Gasteiger partial charge in [0.2, 0.25) is 5.91 Å². The van der Waals surface area contributed by atoms with Crippen LogP contribution in [0.15, 0.2) is 18.2 Å². The first kappa shape index (κ1) is 10.8. The van der Waals surface area contributed by atoms with E-state index in [9.17, 15) is 9.90 Å². The number of hydrogen-bond donors (Lipinski definition) is 2. The zero-order valence-electron chi connectivity index (χ0n) is 10.2. The second-order valence-corrected chi connectivity index (χ2v) is 5.86. The predicted molar refractivity (Wildman–Crippen MR) is 66.0 cm³/mol. The SMILES string of the molecule is CC1(C)C(=O)Nc2ccc(CC3(O)CC3)cc21. The smallest absolute Gasteiger partial charge is 0.234 e. The molecule has 90 valence electrons. The first-order valence-corrected chi connectivity index (χ1v) is 6.08. The van der Waals surface area contributed by atoms with Gasteiger partial charge in [0.25, 0.3) is 0 Å². The highest BCUT2D eigenvalue weighted by Gasteiger charge is 2.42. The number of fused-ring (bicyclic) bond motifs is 1. The Hall–Kier alpha value is -1.35. The molecule has 3 heteroatoms. The van der Waals surface area contributed by atoms with Gasteiger partial charge in [-0.25, -0.2) is 0 Å². The summed E-state index contributed by atoms with van der Waals surface area (Å²) in [6.45, 7) is 3.87. The number of carbonyl (C=O) groups excluding carboxylic acids is 1. The van der Waals surface area contributed by atoms with Gasteiger partial charge in [-0.05, 0) is 43.9 Å². The lowest BCUT2D eigenvalue weighted by Gasteiger charge is -2.16. The number of hydrogen-bond acceptors (Lipinski definition) is 2. The minimum atomic E-state index is -0.478. The van der Waals surface area contributed by atoms with Gasteiger partial charge in [0.05, 0.1) is 11.0 Å². The third-order valence-electron chi connectivity index (χ3n) is 3.93. The Balaban J connectivity index is 1.97. The van der Waals surface area contributed by atoms with Crippen LogP contribution in [0.4, 0.5) is 5.69 Å². The molecule has 3 rings (SSSR count). The summed E-state index contributed by atoms with van der Waals surface area (Å²) in [7, 11) is 0. The van der Waals surface area contributed by atoms with Crippen molar-refractivity contribution in [1.29, 1.82) is 0 Å². The van der Waals surface area contributed by atoms with Crippen LogP contribution in [0, 0.1) is 0 Å². The normalized spacial score (nSPS) is 23.1. The van der Waals surface area contributed by atoms with Crippen molar-refractivity contribution in [3.8, 4) is 0 Å². The van der Waals surface area contributed by atoms with Gasteiger partial charge < -0.3 is 10.4 Å². The quantitative estimate of drug-likeness (QED) is 0.817. The molecule has 0 radical (unpaired) electrons. The monoisotopic (exact) mass is 231 g/mol. The Bertz CT molecular complexity index is 501. The summed E-state index contributed by atoms with van der Waals surface area (Å²) in [5, 5.41) is 12.8. The average Bonchev–Trinajstić information content (AvgIpc) is 2.92. The molecule has 1 aliphatic carbocycles. The van der Waals surface area contributed by atoms with Gasteiger partial charge in [0.1, 0.15) is 0 Å². The molecule has 2 aliphatic rings. The number of nitrogens with one attached hydrogen (secondary N) is 1. The molecule has 1 saturated carbocycles. The molecule has 17 heavy (non-hydrogen) atoms. The van der Waals surface area contributed by atoms with Gasteiger partial charge >= 0.3 is 0 Å². The first-order valence-electron chi connectivity index (χ1n) is 6.08. The van der Waals surface area contributed by atoms with E-state index < -0.39 is 11.0 Å². The summed E-state index contributed by atoms with van der Waals surface area (Å²) < 4.78 is 0. The molecule has 2 N–H and O–H groups in total. The number of benzene rings is 1. The lowest BCUT2D eigenvalue weighted by molar-refractivity contribution is -0.119. The second kappa shape index (κ2) is 3.10. The highest BCUT2D eigenvalue weighted by atomic mass is 16.3. The minimum Gasteiger partial charge on any atom is -0.390 e. The van der Waals surface area contributed by atoms with Gasteiger partial charge in [-0.2, -0.15) is 0 Å². The molecule has 0 unspecified atom stereocenters. The summed E-state index contributed by atoms with van der Waals surface area (Å²) in [6, 6.07) is 6.00. The molecule has 1 aliphatic heterocycles. The average molecular weight is 231 g/mol. The van der Waals surface area contributed by atoms with Gasteiger partial charge in [0, 0.05) is 12.1 Å². The molecule has 1 heterocycles. The molecule has 3 nitrogen and oxygen atoms in total. The van der Waals surface area contributed by atoms with E-state index in [4.69, 9.17) is 0 Å². The van der Waals surface area contributed by atoms with Crippen LogP contribution in [0.2, 0.25) is 0 Å². The van der Waals surface area contributed by atoms with Gasteiger partial charge in [-0.15, -0.1) is 0 Å². The summed E-state index contributed by atoms with van der Waals surface area (Å²) in [5.74, 6) is 0.0507. The predicted octanol–water partition coefficient (Wildman–Crippen LogP) is 1.98. The zero-order valence-corrected chi connectivity index (χ0v) is 10.2. The van der Waals surface area contributed by atoms with E-state index in [1.54, 1.807) is 0 Å². The molecule has 0 spiro atoms. The maximum atomic E-state index is 11.8. The van der Waals surface area contributed by atoms with Crippen LogP contribution in [0.5, 0.6) is 0 Å². The van der Waals surface area contributed by atoms with Gasteiger partial charge in [-0.1, -0.05) is 12.1 Å². The zero-order chi connectivity index (χ0) is 12.3. The van der Waals surface area contributed by atoms with Crippen LogP contribution >= 0.6 is 0 Å². The largest absolute Gasteiger partial charge is 0.390 e. The van der Waals surface area contributed by atoms with Crippen LogP contribution in [-0.4, -0.2) is 16.6 Å². The lowest BCUT2D eigenvalue weighted by Crippen LogP contribution is -2.27. The molecule has 0 saturated heterocycles. The minimum absolute atomic E-state index is 0.0507. The fourth-order valence-electron chi connectivity index (χ4n) is 2.43. The Morgan fingerprint density at radius 3 is 2.71 bits per heavy atom. The molecule has 0 bridgehead atoms. The van der Waals surface area contributed by atoms with E-state index in [2.05, 4.69) is 11.4 Å². The maximum absolute atomic E-state index is 11.8. The third-order valence-corrected chi connectivity index (χ3v) is 3.93. The van der Waals surface area contributed by atoms with Crippen LogP contribution in [-0.2, 0) is 16.6 Å². The molecule has 1 fully saturated rings. The number of anilines is 1. The molecule has 0 aromatic heterocycles. The van der Waals surface area contributed by atoms with Crippen LogP contribution < -0.4 is 5.32 Å². The Morgan fingerprint density at radius 2 is 2.06 bits per heavy atom. The van der Waals surface area contributed by atoms with Crippen LogP contribution in [0.25, 0.3) is 0 Å². The highest BCUT2D eigenvalue weighted by molar-refractivity contribution is 6.05. The van der Waals surface area contributed by atoms with Gasteiger partial charge in [-0.3, -0.25) is 4.79 Å². The highest BCUT2D eigenvalue weighted by Crippen LogP contribution is 2.41. The van der Waals surface area contributed by atoms with E-state index in [0.29, 0.717) is 6.42 Å². The standard InChI is InChI=1S/C14H17NO2/c1-13(2)10-7-9(8-14(17)5-6-14)3-4-11(10)15-12(13)16/h3-4,7,17H,5-6,8H2,1-2H3,(H,15,16). The van der Waals surface area contributed by atoms with E-state index in [0.717, 1.165) is 29.7 Å². The fourth-order valence-corrected chi connectivity index (χ4v) is 2.43. The summed E-state index contributed by atoms with van der Waals surface area (Å²) in [6.07, 6.45) is 2.49. The summed E-state index contributed by atoms with van der Waals surface area (Å²) >= 11 is 0. The van der Waals surface area contributed by atoms with Crippen molar-refractivity contribution in [2.75, 3.05) is 5.32 Å². The van der Waals surface area contributed by atoms with E-state index >= 15 is 0 Å². The molecular formula is C14H17NO2. The van der Waals surface area contributed by atoms with Crippen molar-refractivity contribution in [2.45, 2.75) is 44.1 Å². The maximum Gasteiger partial charge on any atom is 0.234 e. The third kappa shape index (κ3) is 1.65. The fraction of sp³-hybridized carbons (Fsp3) is 0.500. The van der Waals surface area contributed by atoms with E-state index in [1.165, 1.54) is 0 Å². The number of rotatable bonds is 2. The Morgan fingerprint density at radius 1 is 1.35 bits per heavy atom. The van der Waals surface area contributed by atoms with Crippen LogP contribution in [0.3, 0.4) is 0 Å². The first-order chi connectivity index (χ1) is 7.91. The van der Waals surface area contributed by atoms with Crippen molar-refractivity contribution in [1.82, 2.24) is 0 Å². The molecule has 1 aromatic carbocycles. The number of aliphatic hydroxyl groups is 1. The number of amides is 1.